The van der Waals surface area contributed by atoms with E-state index in [4.69, 9.17) is 4.74 Å². The van der Waals surface area contributed by atoms with Crippen molar-refractivity contribution in [1.82, 2.24) is 9.78 Å². The Hall–Kier alpha value is -2.97. The van der Waals surface area contributed by atoms with E-state index in [-0.39, 0.29) is 18.0 Å². The number of fused-ring (bicyclic) bond motifs is 1. The van der Waals surface area contributed by atoms with Crippen molar-refractivity contribution in [3.05, 3.63) is 77.1 Å². The summed E-state index contributed by atoms with van der Waals surface area (Å²) in [6.07, 6.45) is -5.67. The number of aromatic nitrogens is 2. The number of halogens is 6. The van der Waals surface area contributed by atoms with E-state index in [2.05, 4.69) is 5.10 Å². The van der Waals surface area contributed by atoms with E-state index >= 15 is 0 Å². The molecule has 0 saturated heterocycles. The highest BCUT2D eigenvalue weighted by Gasteiger charge is 2.35. The minimum atomic E-state index is -4.53. The molecule has 0 N–H and O–H groups in total. The summed E-state index contributed by atoms with van der Waals surface area (Å²) in [4.78, 5) is 0. The zero-order valence-corrected chi connectivity index (χ0v) is 14.8. The Morgan fingerprint density at radius 3 is 2.17 bits per heavy atom. The Labute approximate surface area is 161 Å². The summed E-state index contributed by atoms with van der Waals surface area (Å²) in [6.45, 7) is 0.151. The molecule has 4 rings (SSSR count). The van der Waals surface area contributed by atoms with Crippen LogP contribution < -0.4 is 4.74 Å². The third-order valence-corrected chi connectivity index (χ3v) is 4.86. The van der Waals surface area contributed by atoms with Crippen LogP contribution in [0, 0.1) is 0 Å². The number of benzene rings is 2. The van der Waals surface area contributed by atoms with Crippen LogP contribution in [0.25, 0.3) is 5.69 Å². The number of hydrogen-bond acceptors (Lipinski definition) is 2. The molecule has 1 aromatic heterocycles. The van der Waals surface area contributed by atoms with Crippen LogP contribution in [0.1, 0.15) is 34.6 Å². The third kappa shape index (κ3) is 3.68. The lowest BCUT2D eigenvalue weighted by Crippen LogP contribution is -2.19. The Morgan fingerprint density at radius 2 is 1.55 bits per heavy atom. The van der Waals surface area contributed by atoms with Crippen molar-refractivity contribution in [1.29, 1.82) is 0 Å². The maximum absolute atomic E-state index is 13.2. The second kappa shape index (κ2) is 6.82. The first-order valence-corrected chi connectivity index (χ1v) is 8.70. The molecule has 29 heavy (non-hydrogen) atoms. The van der Waals surface area contributed by atoms with E-state index in [1.54, 1.807) is 6.07 Å². The van der Waals surface area contributed by atoms with Crippen molar-refractivity contribution in [2.75, 3.05) is 6.61 Å². The summed E-state index contributed by atoms with van der Waals surface area (Å²) in [5, 5.41) is 4.04. The van der Waals surface area contributed by atoms with Crippen molar-refractivity contribution < 1.29 is 31.1 Å². The fourth-order valence-corrected chi connectivity index (χ4v) is 3.51. The van der Waals surface area contributed by atoms with Crippen molar-refractivity contribution in [2.24, 2.45) is 0 Å². The van der Waals surface area contributed by atoms with Gasteiger partial charge in [0, 0.05) is 23.9 Å². The molecule has 3 nitrogen and oxygen atoms in total. The van der Waals surface area contributed by atoms with Gasteiger partial charge in [-0.3, -0.25) is 0 Å². The molecule has 2 heterocycles. The van der Waals surface area contributed by atoms with Gasteiger partial charge in [0.05, 0.1) is 23.4 Å². The van der Waals surface area contributed by atoms with Gasteiger partial charge >= 0.3 is 12.4 Å². The molecule has 152 valence electrons. The molecule has 0 bridgehead atoms. The molecular weight excluding hydrogens is 398 g/mol. The molecule has 0 aliphatic carbocycles. The lowest BCUT2D eigenvalue weighted by atomic mass is 9.84. The highest BCUT2D eigenvalue weighted by Crippen LogP contribution is 2.43. The first-order valence-electron chi connectivity index (χ1n) is 8.70. The summed E-state index contributed by atoms with van der Waals surface area (Å²) >= 11 is 0. The predicted octanol–water partition coefficient (Wildman–Crippen LogP) is 5.82. The summed E-state index contributed by atoms with van der Waals surface area (Å²) in [5.41, 5.74) is -0.408. The minimum Gasteiger partial charge on any atom is -0.493 e. The van der Waals surface area contributed by atoms with E-state index < -0.39 is 29.4 Å². The van der Waals surface area contributed by atoms with E-state index in [9.17, 15) is 26.3 Å². The van der Waals surface area contributed by atoms with Gasteiger partial charge in [-0.1, -0.05) is 12.1 Å². The van der Waals surface area contributed by atoms with Gasteiger partial charge in [-0.25, -0.2) is 4.68 Å². The number of alkyl halides is 6. The van der Waals surface area contributed by atoms with Gasteiger partial charge in [0.15, 0.2) is 0 Å². The van der Waals surface area contributed by atoms with Gasteiger partial charge in [0.25, 0.3) is 0 Å². The van der Waals surface area contributed by atoms with Gasteiger partial charge in [0.1, 0.15) is 5.75 Å². The maximum Gasteiger partial charge on any atom is 0.416 e. The monoisotopic (exact) mass is 412 g/mol. The van der Waals surface area contributed by atoms with Gasteiger partial charge in [-0.15, -0.1) is 0 Å². The second-order valence-corrected chi connectivity index (χ2v) is 6.66. The van der Waals surface area contributed by atoms with Crippen LogP contribution in [-0.4, -0.2) is 16.4 Å². The first-order chi connectivity index (χ1) is 13.6. The first kappa shape index (κ1) is 19.4. The van der Waals surface area contributed by atoms with Gasteiger partial charge in [-0.05, 0) is 42.3 Å². The maximum atomic E-state index is 13.2. The Bertz CT molecular complexity index is 1020. The second-order valence-electron chi connectivity index (χ2n) is 6.66. The highest BCUT2D eigenvalue weighted by atomic mass is 19.4. The highest BCUT2D eigenvalue weighted by molar-refractivity contribution is 5.53. The van der Waals surface area contributed by atoms with Gasteiger partial charge in [-0.2, -0.15) is 31.4 Å². The van der Waals surface area contributed by atoms with E-state index in [1.165, 1.54) is 29.2 Å². The fourth-order valence-electron chi connectivity index (χ4n) is 3.51. The molecule has 1 atom stereocenters. The number of ether oxygens (including phenoxy) is 1. The SMILES string of the molecule is FC(F)(F)c1ccc2c(c1)OCCC2c1ccc(C(F)(F)F)cc1-n1cccn1. The summed E-state index contributed by atoms with van der Waals surface area (Å²) < 4.78 is 85.4. The van der Waals surface area contributed by atoms with Crippen molar-refractivity contribution in [3.8, 4) is 11.4 Å². The normalized spacial score (nSPS) is 17.0. The molecule has 0 radical (unpaired) electrons. The number of nitrogens with zero attached hydrogens (tertiary/aromatic N) is 2. The molecule has 3 aromatic rings. The number of hydrogen-bond donors (Lipinski definition) is 0. The third-order valence-electron chi connectivity index (χ3n) is 4.86. The smallest absolute Gasteiger partial charge is 0.416 e. The van der Waals surface area contributed by atoms with Crippen LogP contribution in [0.3, 0.4) is 0 Å². The van der Waals surface area contributed by atoms with Crippen LogP contribution in [0.2, 0.25) is 0 Å². The van der Waals surface area contributed by atoms with Crippen LogP contribution in [0.5, 0.6) is 5.75 Å². The van der Waals surface area contributed by atoms with Crippen molar-refractivity contribution in [3.63, 3.8) is 0 Å². The molecule has 1 aliphatic heterocycles. The Morgan fingerprint density at radius 1 is 0.897 bits per heavy atom. The fraction of sp³-hybridized carbons (Fsp3) is 0.250. The molecule has 0 fully saturated rings. The molecule has 0 saturated carbocycles. The summed E-state index contributed by atoms with van der Waals surface area (Å²) in [5.74, 6) is -0.343. The van der Waals surface area contributed by atoms with Crippen LogP contribution >= 0.6 is 0 Å². The molecule has 2 aromatic carbocycles. The molecule has 9 heteroatoms. The summed E-state index contributed by atoms with van der Waals surface area (Å²) in [7, 11) is 0. The predicted molar refractivity (Wildman–Crippen MR) is 92.0 cm³/mol. The van der Waals surface area contributed by atoms with Gasteiger partial charge < -0.3 is 4.74 Å². The Kier molecular flexibility index (Phi) is 4.55. The Balaban J connectivity index is 1.84. The summed E-state index contributed by atoms with van der Waals surface area (Å²) in [6, 6.07) is 8.13. The molecule has 0 amide bonds. The lowest BCUT2D eigenvalue weighted by molar-refractivity contribution is -0.138. The average molecular weight is 412 g/mol. The van der Waals surface area contributed by atoms with E-state index in [0.29, 0.717) is 17.5 Å². The van der Waals surface area contributed by atoms with E-state index in [0.717, 1.165) is 24.3 Å². The number of rotatable bonds is 2. The molecule has 1 unspecified atom stereocenters. The zero-order chi connectivity index (χ0) is 20.8. The zero-order valence-electron chi connectivity index (χ0n) is 14.8. The van der Waals surface area contributed by atoms with Crippen molar-refractivity contribution in [2.45, 2.75) is 24.7 Å². The van der Waals surface area contributed by atoms with Crippen LogP contribution in [-0.2, 0) is 12.4 Å². The van der Waals surface area contributed by atoms with Crippen molar-refractivity contribution >= 4 is 0 Å². The van der Waals surface area contributed by atoms with Crippen LogP contribution in [0.15, 0.2) is 54.9 Å². The largest absolute Gasteiger partial charge is 0.493 e. The van der Waals surface area contributed by atoms with Gasteiger partial charge in [0.2, 0.25) is 0 Å². The molecule has 0 spiro atoms. The molecule has 1 aliphatic rings. The molecular formula is C20H14F6N2O. The van der Waals surface area contributed by atoms with E-state index in [1.807, 2.05) is 0 Å². The quantitative estimate of drug-likeness (QED) is 0.496. The topological polar surface area (TPSA) is 27.1 Å². The average Bonchev–Trinajstić information content (AvgIpc) is 3.20. The van der Waals surface area contributed by atoms with Crippen LogP contribution in [0.4, 0.5) is 26.3 Å². The standard InChI is InChI=1S/C20H14F6N2O/c21-19(22,23)12-2-4-15(17(10-12)28-8-1-7-27-28)14-6-9-29-18-11-13(20(24,25)26)3-5-16(14)18/h1-5,7-8,10-11,14H,6,9H2. The lowest BCUT2D eigenvalue weighted by Gasteiger charge is -2.28. The minimum absolute atomic E-state index is 0.0855.